The number of para-hydroxylation sites is 2. The molecule has 4 nitrogen and oxygen atoms in total. The summed E-state index contributed by atoms with van der Waals surface area (Å²) in [4.78, 5) is 25.6. The Bertz CT molecular complexity index is 744. The van der Waals surface area contributed by atoms with Crippen LogP contribution < -0.4 is 9.47 Å². The Morgan fingerprint density at radius 1 is 0.708 bits per heavy atom. The van der Waals surface area contributed by atoms with Crippen molar-refractivity contribution in [3.63, 3.8) is 0 Å². The van der Waals surface area contributed by atoms with E-state index in [4.69, 9.17) is 9.47 Å². The molecule has 0 saturated carbocycles. The lowest BCUT2D eigenvalue weighted by Gasteiger charge is -2.14. The maximum Gasteiger partial charge on any atom is 0.331 e. The number of esters is 2. The molecule has 0 aliphatic rings. The number of rotatable bonds is 5. The van der Waals surface area contributed by atoms with Crippen molar-refractivity contribution in [2.24, 2.45) is 0 Å². The van der Waals surface area contributed by atoms with Crippen LogP contribution in [0.15, 0.2) is 78.2 Å². The van der Waals surface area contributed by atoms with Gasteiger partial charge in [-0.05, 0) is 35.7 Å². The molecule has 3 aromatic rings. The first kappa shape index (κ1) is 16.0. The van der Waals surface area contributed by atoms with Gasteiger partial charge in [-0.15, -0.1) is 11.3 Å². The minimum Gasteiger partial charge on any atom is -0.426 e. The maximum atomic E-state index is 12.5. The molecule has 1 heterocycles. The van der Waals surface area contributed by atoms with Crippen LogP contribution in [0.2, 0.25) is 0 Å². The molecular weight excluding hydrogens is 324 g/mol. The van der Waals surface area contributed by atoms with Crippen molar-refractivity contribution in [2.45, 2.75) is 5.92 Å². The average Bonchev–Trinajstić information content (AvgIpc) is 3.11. The van der Waals surface area contributed by atoms with Gasteiger partial charge in [0.25, 0.3) is 0 Å². The third kappa shape index (κ3) is 3.88. The number of thiophene rings is 1. The van der Waals surface area contributed by atoms with Crippen LogP contribution in [0, 0.1) is 0 Å². The van der Waals surface area contributed by atoms with Crippen LogP contribution in [0.5, 0.6) is 11.5 Å². The average molecular weight is 338 g/mol. The fourth-order valence-corrected chi connectivity index (χ4v) is 2.91. The highest BCUT2D eigenvalue weighted by molar-refractivity contribution is 7.10. The van der Waals surface area contributed by atoms with Crippen LogP contribution in [0.1, 0.15) is 10.8 Å². The van der Waals surface area contributed by atoms with E-state index >= 15 is 0 Å². The fraction of sp³-hybridized carbons (Fsp3) is 0.0526. The molecule has 3 rings (SSSR count). The minimum atomic E-state index is -1.12. The van der Waals surface area contributed by atoms with E-state index in [1.807, 2.05) is 12.1 Å². The Hall–Kier alpha value is -2.92. The number of benzene rings is 2. The van der Waals surface area contributed by atoms with E-state index in [0.29, 0.717) is 16.4 Å². The summed E-state index contributed by atoms with van der Waals surface area (Å²) in [5.41, 5.74) is 0. The van der Waals surface area contributed by atoms with E-state index in [9.17, 15) is 9.59 Å². The Morgan fingerprint density at radius 2 is 1.21 bits per heavy atom. The van der Waals surface area contributed by atoms with Crippen molar-refractivity contribution >= 4 is 23.3 Å². The predicted molar refractivity (Wildman–Crippen MR) is 91.2 cm³/mol. The van der Waals surface area contributed by atoms with Crippen LogP contribution in [-0.2, 0) is 9.59 Å². The second kappa shape index (κ2) is 7.57. The predicted octanol–water partition coefficient (Wildman–Crippen LogP) is 4.04. The molecular formula is C19H14O4S. The van der Waals surface area contributed by atoms with Crippen molar-refractivity contribution in [1.29, 1.82) is 0 Å². The zero-order valence-electron chi connectivity index (χ0n) is 12.6. The van der Waals surface area contributed by atoms with E-state index < -0.39 is 17.9 Å². The molecule has 0 radical (unpaired) electrons. The van der Waals surface area contributed by atoms with Gasteiger partial charge in [0.05, 0.1) is 0 Å². The van der Waals surface area contributed by atoms with Gasteiger partial charge in [-0.25, -0.2) is 0 Å². The lowest BCUT2D eigenvalue weighted by Crippen LogP contribution is -2.29. The highest BCUT2D eigenvalue weighted by Crippen LogP contribution is 2.26. The lowest BCUT2D eigenvalue weighted by molar-refractivity contribution is -0.146. The SMILES string of the molecule is O=C(Oc1ccccc1)C(C(=O)Oc1ccccc1)c1cccs1. The summed E-state index contributed by atoms with van der Waals surface area (Å²) in [6.07, 6.45) is 0. The van der Waals surface area contributed by atoms with Crippen LogP contribution in [0.3, 0.4) is 0 Å². The molecule has 0 unspecified atom stereocenters. The van der Waals surface area contributed by atoms with E-state index in [1.54, 1.807) is 66.0 Å². The van der Waals surface area contributed by atoms with Gasteiger partial charge in [-0.1, -0.05) is 42.5 Å². The van der Waals surface area contributed by atoms with Gasteiger partial charge in [-0.2, -0.15) is 0 Å². The van der Waals surface area contributed by atoms with Gasteiger partial charge in [0.1, 0.15) is 11.5 Å². The standard InChI is InChI=1S/C19H14O4S/c20-18(22-14-8-3-1-4-9-14)17(16-12-7-13-24-16)19(21)23-15-10-5-2-6-11-15/h1-13,17H. The summed E-state index contributed by atoms with van der Waals surface area (Å²) in [6, 6.07) is 20.8. The first-order valence-corrected chi connectivity index (χ1v) is 8.19. The molecule has 0 amide bonds. The van der Waals surface area contributed by atoms with Gasteiger partial charge in [0.15, 0.2) is 5.92 Å². The second-order valence-corrected chi connectivity index (χ2v) is 5.90. The number of hydrogen-bond acceptors (Lipinski definition) is 5. The van der Waals surface area contributed by atoms with Gasteiger partial charge < -0.3 is 9.47 Å². The van der Waals surface area contributed by atoms with Crippen LogP contribution in [-0.4, -0.2) is 11.9 Å². The molecule has 0 bridgehead atoms. The Labute approximate surface area is 143 Å². The highest BCUT2D eigenvalue weighted by atomic mass is 32.1. The maximum absolute atomic E-state index is 12.5. The molecule has 0 N–H and O–H groups in total. The summed E-state index contributed by atoms with van der Waals surface area (Å²) in [7, 11) is 0. The quantitative estimate of drug-likeness (QED) is 0.400. The van der Waals surface area contributed by atoms with Crippen LogP contribution >= 0.6 is 11.3 Å². The Kier molecular flexibility index (Phi) is 5.03. The van der Waals surface area contributed by atoms with Gasteiger partial charge in [-0.3, -0.25) is 9.59 Å². The van der Waals surface area contributed by atoms with E-state index in [-0.39, 0.29) is 0 Å². The van der Waals surface area contributed by atoms with Crippen molar-refractivity contribution < 1.29 is 19.1 Å². The topological polar surface area (TPSA) is 52.6 Å². The third-order valence-electron chi connectivity index (χ3n) is 3.22. The second-order valence-electron chi connectivity index (χ2n) is 4.92. The van der Waals surface area contributed by atoms with Crippen molar-refractivity contribution in [2.75, 3.05) is 0 Å². The summed E-state index contributed by atoms with van der Waals surface area (Å²) < 4.78 is 10.7. The normalized spacial score (nSPS) is 10.4. The molecule has 0 aliphatic carbocycles. The molecule has 5 heteroatoms. The molecule has 0 spiro atoms. The first-order chi connectivity index (χ1) is 11.7. The van der Waals surface area contributed by atoms with Crippen molar-refractivity contribution in [3.05, 3.63) is 83.1 Å². The molecule has 2 aromatic carbocycles. The van der Waals surface area contributed by atoms with Gasteiger partial charge in [0, 0.05) is 4.88 Å². The minimum absolute atomic E-state index is 0.386. The van der Waals surface area contributed by atoms with Gasteiger partial charge in [0.2, 0.25) is 0 Å². The van der Waals surface area contributed by atoms with E-state index in [0.717, 1.165) is 0 Å². The molecule has 0 atom stereocenters. The zero-order valence-corrected chi connectivity index (χ0v) is 13.4. The summed E-state index contributed by atoms with van der Waals surface area (Å²) in [5, 5.41) is 1.80. The van der Waals surface area contributed by atoms with E-state index in [1.165, 1.54) is 11.3 Å². The fourth-order valence-electron chi connectivity index (χ4n) is 2.11. The highest BCUT2D eigenvalue weighted by Gasteiger charge is 2.33. The summed E-state index contributed by atoms with van der Waals surface area (Å²) in [6.45, 7) is 0. The van der Waals surface area contributed by atoms with Crippen LogP contribution in [0.25, 0.3) is 0 Å². The van der Waals surface area contributed by atoms with Crippen molar-refractivity contribution in [1.82, 2.24) is 0 Å². The van der Waals surface area contributed by atoms with Gasteiger partial charge >= 0.3 is 11.9 Å². The first-order valence-electron chi connectivity index (χ1n) is 7.31. The molecule has 1 aromatic heterocycles. The largest absolute Gasteiger partial charge is 0.426 e. The Morgan fingerprint density at radius 3 is 1.62 bits per heavy atom. The molecule has 0 aliphatic heterocycles. The zero-order chi connectivity index (χ0) is 16.8. The van der Waals surface area contributed by atoms with Crippen LogP contribution in [0.4, 0.5) is 0 Å². The number of ether oxygens (including phenoxy) is 2. The molecule has 0 fully saturated rings. The summed E-state index contributed by atoms with van der Waals surface area (Å²) in [5.74, 6) is -1.67. The third-order valence-corrected chi connectivity index (χ3v) is 4.16. The monoisotopic (exact) mass is 338 g/mol. The Balaban J connectivity index is 1.81. The van der Waals surface area contributed by atoms with Crippen molar-refractivity contribution in [3.8, 4) is 11.5 Å². The number of hydrogen-bond donors (Lipinski definition) is 0. The van der Waals surface area contributed by atoms with E-state index in [2.05, 4.69) is 0 Å². The number of carbonyl (C=O) groups excluding carboxylic acids is 2. The molecule has 24 heavy (non-hydrogen) atoms. The smallest absolute Gasteiger partial charge is 0.331 e. The lowest BCUT2D eigenvalue weighted by atomic mass is 10.1. The molecule has 0 saturated heterocycles. The summed E-state index contributed by atoms with van der Waals surface area (Å²) >= 11 is 1.31. The molecule has 120 valence electrons. The number of carbonyl (C=O) groups is 2.